The molecule has 0 saturated carbocycles. The molecule has 0 unspecified atom stereocenters. The molecule has 4 aromatic carbocycles. The van der Waals surface area contributed by atoms with Gasteiger partial charge in [0.05, 0.1) is 71.8 Å². The van der Waals surface area contributed by atoms with Crippen LogP contribution in [-0.4, -0.2) is 105 Å². The maximum absolute atomic E-state index is 13.1. The molecule has 1 amide bonds. The van der Waals surface area contributed by atoms with Gasteiger partial charge in [-0.2, -0.15) is 0 Å². The van der Waals surface area contributed by atoms with Gasteiger partial charge >= 0.3 is 0 Å². The van der Waals surface area contributed by atoms with E-state index in [1.807, 2.05) is 90.8 Å². The van der Waals surface area contributed by atoms with E-state index in [1.165, 1.54) is 0 Å². The Labute approximate surface area is 294 Å². The van der Waals surface area contributed by atoms with E-state index in [1.54, 1.807) is 21.1 Å². The predicted molar refractivity (Wildman–Crippen MR) is 199 cm³/mol. The first-order valence-corrected chi connectivity index (χ1v) is 17.0. The predicted octanol–water partition coefficient (Wildman–Crippen LogP) is 5.51. The molecule has 0 atom stereocenters. The molecule has 1 aliphatic rings. The van der Waals surface area contributed by atoms with Crippen LogP contribution >= 0.6 is 0 Å². The Morgan fingerprint density at radius 1 is 0.700 bits per heavy atom. The minimum Gasteiger partial charge on any atom is -0.495 e. The average Bonchev–Trinajstić information content (AvgIpc) is 3.14. The van der Waals surface area contributed by atoms with Gasteiger partial charge in [-0.05, 0) is 60.2 Å². The Hall–Kier alpha value is -4.84. The second-order valence-corrected chi connectivity index (χ2v) is 12.1. The standard InChI is InChI=1S/C39H48N4O7/c1-29(44)30-9-10-32-26-34(13-11-31(32)25-30)41(2)28-39(45)40-33-12-14-36(38(27-33)47-4)43-16-20-48-19-15-42(17-21-49-23-24-50-22-18-43)35-7-5-6-8-37(35)46-3/h5-14,25-27H,15-24,28H2,1-4H3,(H,40,45). The van der Waals surface area contributed by atoms with Gasteiger partial charge < -0.3 is 43.7 Å². The summed E-state index contributed by atoms with van der Waals surface area (Å²) in [5.41, 5.74) is 4.11. The topological polar surface area (TPSA) is 102 Å². The summed E-state index contributed by atoms with van der Waals surface area (Å²) in [6.45, 7) is 7.50. The molecule has 1 aliphatic heterocycles. The van der Waals surface area contributed by atoms with E-state index in [4.69, 9.17) is 23.7 Å². The molecular formula is C39H48N4O7. The van der Waals surface area contributed by atoms with E-state index < -0.39 is 0 Å². The highest BCUT2D eigenvalue weighted by molar-refractivity contribution is 5.99. The summed E-state index contributed by atoms with van der Waals surface area (Å²) < 4.78 is 29.3. The summed E-state index contributed by atoms with van der Waals surface area (Å²) in [6, 6.07) is 25.2. The number of anilines is 4. The van der Waals surface area contributed by atoms with E-state index >= 15 is 0 Å². The summed E-state index contributed by atoms with van der Waals surface area (Å²) in [7, 11) is 5.19. The number of rotatable bonds is 9. The number of likely N-dealkylation sites (N-methyl/N-ethyl adjacent to an activating group) is 1. The molecular weight excluding hydrogens is 636 g/mol. The van der Waals surface area contributed by atoms with Crippen molar-refractivity contribution in [3.8, 4) is 11.5 Å². The number of nitrogens with one attached hydrogen (secondary N) is 1. The molecule has 11 heteroatoms. The summed E-state index contributed by atoms with van der Waals surface area (Å²) in [5, 5.41) is 4.99. The van der Waals surface area contributed by atoms with Crippen LogP contribution in [0.5, 0.6) is 11.5 Å². The molecule has 0 bridgehead atoms. The highest BCUT2D eigenvalue weighted by Crippen LogP contribution is 2.32. The van der Waals surface area contributed by atoms with Crippen LogP contribution in [0.25, 0.3) is 10.8 Å². The normalized spacial score (nSPS) is 15.1. The van der Waals surface area contributed by atoms with Crippen LogP contribution in [0.15, 0.2) is 78.9 Å². The fraction of sp³-hybridized carbons (Fsp3) is 0.385. The van der Waals surface area contributed by atoms with Gasteiger partial charge in [0.15, 0.2) is 5.78 Å². The number of hydrogen-bond donors (Lipinski definition) is 1. The van der Waals surface area contributed by atoms with Crippen molar-refractivity contribution >= 4 is 45.2 Å². The van der Waals surface area contributed by atoms with Crippen LogP contribution in [0.1, 0.15) is 17.3 Å². The number of carbonyl (C=O) groups is 2. The van der Waals surface area contributed by atoms with Crippen LogP contribution in [0.4, 0.5) is 22.7 Å². The molecule has 0 aromatic heterocycles. The lowest BCUT2D eigenvalue weighted by Gasteiger charge is -2.28. The van der Waals surface area contributed by atoms with Gasteiger partial charge in [-0.15, -0.1) is 0 Å². The monoisotopic (exact) mass is 684 g/mol. The number of Topliss-reactive ketones (excluding diaryl/α,β-unsaturated/α-hetero) is 1. The molecule has 0 radical (unpaired) electrons. The quantitative estimate of drug-likeness (QED) is 0.227. The number of amides is 1. The number of hydrogen-bond acceptors (Lipinski definition) is 10. The maximum Gasteiger partial charge on any atom is 0.243 e. The Morgan fingerprint density at radius 3 is 1.92 bits per heavy atom. The fourth-order valence-electron chi connectivity index (χ4n) is 5.93. The number of fused-ring (bicyclic) bond motifs is 1. The highest BCUT2D eigenvalue weighted by Gasteiger charge is 2.17. The molecule has 266 valence electrons. The van der Waals surface area contributed by atoms with E-state index in [2.05, 4.69) is 15.1 Å². The zero-order chi connectivity index (χ0) is 35.3. The molecule has 5 rings (SSSR count). The summed E-state index contributed by atoms with van der Waals surface area (Å²) in [4.78, 5) is 31.2. The number of nitrogens with zero attached hydrogens (tertiary/aromatic N) is 3. The van der Waals surface area contributed by atoms with Crippen molar-refractivity contribution in [2.24, 2.45) is 0 Å². The first-order valence-electron chi connectivity index (χ1n) is 17.0. The summed E-state index contributed by atoms with van der Waals surface area (Å²) >= 11 is 0. The Balaban J connectivity index is 1.20. The molecule has 1 heterocycles. The van der Waals surface area contributed by atoms with Crippen LogP contribution < -0.4 is 29.5 Å². The number of ether oxygens (including phenoxy) is 5. The van der Waals surface area contributed by atoms with Crippen molar-refractivity contribution < 1.29 is 33.3 Å². The van der Waals surface area contributed by atoms with Gasteiger partial charge in [-0.3, -0.25) is 9.59 Å². The molecule has 0 spiro atoms. The van der Waals surface area contributed by atoms with Crippen molar-refractivity contribution in [3.05, 3.63) is 84.4 Å². The van der Waals surface area contributed by atoms with Crippen LogP contribution in [0.2, 0.25) is 0 Å². The Morgan fingerprint density at radius 2 is 1.28 bits per heavy atom. The third-order valence-corrected chi connectivity index (χ3v) is 8.68. The van der Waals surface area contributed by atoms with E-state index in [0.29, 0.717) is 82.8 Å². The van der Waals surface area contributed by atoms with Crippen molar-refractivity contribution in [1.29, 1.82) is 0 Å². The SMILES string of the molecule is COc1ccccc1N1CCOCCOCCN(c2ccc(NC(=O)CN(C)c3ccc4cc(C(C)=O)ccc4c3)cc2OC)CCOCC1. The smallest absolute Gasteiger partial charge is 0.243 e. The molecule has 11 nitrogen and oxygen atoms in total. The lowest BCUT2D eigenvalue weighted by Crippen LogP contribution is -2.33. The minimum atomic E-state index is -0.158. The third kappa shape index (κ3) is 9.87. The zero-order valence-electron chi connectivity index (χ0n) is 29.5. The Kier molecular flexibility index (Phi) is 13.3. The van der Waals surface area contributed by atoms with Crippen LogP contribution in [0.3, 0.4) is 0 Å². The first kappa shape index (κ1) is 36.4. The van der Waals surface area contributed by atoms with Crippen LogP contribution in [-0.2, 0) is 19.0 Å². The van der Waals surface area contributed by atoms with E-state index in [9.17, 15) is 9.59 Å². The van der Waals surface area contributed by atoms with Crippen molar-refractivity contribution in [1.82, 2.24) is 0 Å². The van der Waals surface area contributed by atoms with Gasteiger partial charge in [0.25, 0.3) is 0 Å². The first-order chi connectivity index (χ1) is 24.4. The molecule has 4 aromatic rings. The zero-order valence-corrected chi connectivity index (χ0v) is 29.5. The van der Waals surface area contributed by atoms with Gasteiger partial charge in [0.2, 0.25) is 5.91 Å². The lowest BCUT2D eigenvalue weighted by atomic mass is 10.0. The lowest BCUT2D eigenvalue weighted by molar-refractivity contribution is -0.114. The van der Waals surface area contributed by atoms with Gasteiger partial charge in [-0.25, -0.2) is 0 Å². The number of para-hydroxylation sites is 2. The van der Waals surface area contributed by atoms with Gasteiger partial charge in [0, 0.05) is 56.2 Å². The third-order valence-electron chi connectivity index (χ3n) is 8.68. The minimum absolute atomic E-state index is 0.0328. The molecule has 50 heavy (non-hydrogen) atoms. The number of benzene rings is 4. The highest BCUT2D eigenvalue weighted by atomic mass is 16.5. The molecule has 1 fully saturated rings. The van der Waals surface area contributed by atoms with E-state index in [-0.39, 0.29) is 18.2 Å². The summed E-state index contributed by atoms with van der Waals surface area (Å²) in [6.07, 6.45) is 0. The molecule has 0 aliphatic carbocycles. The van der Waals surface area contributed by atoms with Crippen molar-refractivity contribution in [3.63, 3.8) is 0 Å². The van der Waals surface area contributed by atoms with E-state index in [0.717, 1.165) is 33.6 Å². The largest absolute Gasteiger partial charge is 0.495 e. The fourth-order valence-corrected chi connectivity index (χ4v) is 5.93. The maximum atomic E-state index is 13.1. The number of methoxy groups -OCH3 is 2. The summed E-state index contributed by atoms with van der Waals surface area (Å²) in [5.74, 6) is 1.33. The van der Waals surface area contributed by atoms with Gasteiger partial charge in [0.1, 0.15) is 11.5 Å². The van der Waals surface area contributed by atoms with Crippen molar-refractivity contribution in [2.45, 2.75) is 6.92 Å². The van der Waals surface area contributed by atoms with Crippen LogP contribution in [0, 0.1) is 0 Å². The molecule has 1 saturated heterocycles. The Bertz CT molecular complexity index is 1730. The second kappa shape index (κ2) is 18.2. The average molecular weight is 685 g/mol. The number of carbonyl (C=O) groups excluding carboxylic acids is 2. The van der Waals surface area contributed by atoms with Crippen molar-refractivity contribution in [2.75, 3.05) is 114 Å². The number of ketones is 1. The molecule has 1 N–H and O–H groups in total. The second-order valence-electron chi connectivity index (χ2n) is 12.1. The van der Waals surface area contributed by atoms with Gasteiger partial charge in [-0.1, -0.05) is 30.3 Å².